The molecule has 0 rings (SSSR count). The van der Waals surface area contributed by atoms with E-state index in [-0.39, 0.29) is 13.2 Å². The lowest BCUT2D eigenvalue weighted by molar-refractivity contribution is 0.169. The summed E-state index contributed by atoms with van der Waals surface area (Å²) in [7, 11) is -4.29. The first-order chi connectivity index (χ1) is 8.12. The van der Waals surface area contributed by atoms with E-state index in [0.717, 1.165) is 51.4 Å². The van der Waals surface area contributed by atoms with Gasteiger partial charge in [-0.1, -0.05) is 52.4 Å². The number of rotatable bonds is 12. The van der Waals surface area contributed by atoms with Gasteiger partial charge in [-0.15, -0.1) is 4.20 Å². The summed E-state index contributed by atoms with van der Waals surface area (Å²) in [5.74, 6) is 0. The van der Waals surface area contributed by atoms with Gasteiger partial charge in [0.25, 0.3) is 0 Å². The van der Waals surface area contributed by atoms with Crippen LogP contribution in [0.25, 0.3) is 0 Å². The predicted octanol–water partition coefficient (Wildman–Crippen LogP) is 5.26. The van der Waals surface area contributed by atoms with Crippen LogP contribution in [-0.2, 0) is 13.6 Å². The molecule has 0 saturated heterocycles. The van der Waals surface area contributed by atoms with Gasteiger partial charge in [0.2, 0.25) is 0 Å². The smallest absolute Gasteiger partial charge is 0.284 e. The van der Waals surface area contributed by atoms with Gasteiger partial charge in [-0.2, -0.15) is 0 Å². The lowest BCUT2D eigenvalue weighted by Gasteiger charge is -2.09. The number of hydrogen-bond donors (Lipinski definition) is 0. The maximum absolute atomic E-state index is 13.2. The molecule has 0 atom stereocenters. The van der Waals surface area contributed by atoms with Crippen LogP contribution in [0.3, 0.4) is 0 Å². The van der Waals surface area contributed by atoms with Crippen LogP contribution in [0, 0.1) is 0 Å². The lowest BCUT2D eigenvalue weighted by Crippen LogP contribution is -1.96. The maximum Gasteiger partial charge on any atom is 0.513 e. The van der Waals surface area contributed by atoms with E-state index in [4.69, 9.17) is 0 Å². The summed E-state index contributed by atoms with van der Waals surface area (Å²) in [6.07, 6.45) is 7.85. The largest absolute Gasteiger partial charge is 0.513 e. The van der Waals surface area contributed by atoms with Crippen molar-refractivity contribution in [1.82, 2.24) is 0 Å². The topological polar surface area (TPSA) is 35.5 Å². The minimum absolute atomic E-state index is 0.183. The van der Waals surface area contributed by atoms with Crippen molar-refractivity contribution in [1.29, 1.82) is 0 Å². The van der Waals surface area contributed by atoms with E-state index >= 15 is 0 Å². The molecule has 0 aromatic heterocycles. The van der Waals surface area contributed by atoms with Crippen LogP contribution in [0.15, 0.2) is 0 Å². The third-order valence-corrected chi connectivity index (χ3v) is 3.47. The summed E-state index contributed by atoms with van der Waals surface area (Å²) >= 11 is 0. The van der Waals surface area contributed by atoms with Crippen LogP contribution in [-0.4, -0.2) is 13.2 Å². The van der Waals surface area contributed by atoms with Crippen molar-refractivity contribution in [2.24, 2.45) is 0 Å². The van der Waals surface area contributed by atoms with Crippen LogP contribution < -0.4 is 0 Å². The fourth-order valence-electron chi connectivity index (χ4n) is 1.44. The highest BCUT2D eigenvalue weighted by Gasteiger charge is 2.22. The van der Waals surface area contributed by atoms with Crippen LogP contribution in [0.2, 0.25) is 0 Å². The molecule has 0 bridgehead atoms. The van der Waals surface area contributed by atoms with Crippen LogP contribution >= 0.6 is 7.91 Å². The summed E-state index contributed by atoms with van der Waals surface area (Å²) in [5.41, 5.74) is 0. The van der Waals surface area contributed by atoms with Gasteiger partial charge in [-0.3, -0.25) is 9.05 Å². The van der Waals surface area contributed by atoms with Crippen LogP contribution in [0.5, 0.6) is 0 Å². The number of hydrogen-bond acceptors (Lipinski definition) is 3. The second kappa shape index (κ2) is 11.2. The monoisotopic (exact) mass is 268 g/mol. The minimum Gasteiger partial charge on any atom is -0.284 e. The summed E-state index contributed by atoms with van der Waals surface area (Å²) in [6, 6.07) is 0. The molecule has 0 amide bonds. The first-order valence-corrected chi connectivity index (χ1v) is 8.14. The molecule has 17 heavy (non-hydrogen) atoms. The Hall–Kier alpha value is 0.0800. The molecule has 0 heterocycles. The number of unbranched alkanes of at least 4 members (excludes halogenated alkanes) is 6. The highest BCUT2D eigenvalue weighted by Crippen LogP contribution is 2.50. The summed E-state index contributed by atoms with van der Waals surface area (Å²) in [5, 5.41) is 0. The zero-order valence-electron chi connectivity index (χ0n) is 11.1. The molecule has 0 radical (unpaired) electrons. The van der Waals surface area contributed by atoms with Gasteiger partial charge in [0.15, 0.2) is 0 Å². The first kappa shape index (κ1) is 17.1. The Labute approximate surface area is 105 Å². The molecule has 0 aromatic rings. The molecule has 5 heteroatoms. The van der Waals surface area contributed by atoms with E-state index < -0.39 is 7.91 Å². The van der Waals surface area contributed by atoms with E-state index in [0.29, 0.717) is 0 Å². The molecule has 0 unspecified atom stereocenters. The zero-order chi connectivity index (χ0) is 13.0. The first-order valence-electron chi connectivity index (χ1n) is 6.71. The highest BCUT2D eigenvalue weighted by atomic mass is 31.2. The van der Waals surface area contributed by atoms with Gasteiger partial charge in [-0.25, -0.2) is 4.57 Å². The second-order valence-electron chi connectivity index (χ2n) is 4.22. The number of halogens is 1. The van der Waals surface area contributed by atoms with E-state index in [1.165, 1.54) is 0 Å². The molecule has 0 fully saturated rings. The molecule has 0 aliphatic heterocycles. The Kier molecular flexibility index (Phi) is 11.2. The van der Waals surface area contributed by atoms with Gasteiger partial charge < -0.3 is 0 Å². The maximum atomic E-state index is 13.2. The van der Waals surface area contributed by atoms with Crippen molar-refractivity contribution >= 4 is 7.91 Å². The fourth-order valence-corrected chi connectivity index (χ4v) is 2.21. The molecule has 0 aromatic carbocycles. The van der Waals surface area contributed by atoms with Gasteiger partial charge in [0.1, 0.15) is 0 Å². The van der Waals surface area contributed by atoms with E-state index in [1.54, 1.807) is 0 Å². The molecular weight excluding hydrogens is 242 g/mol. The Balaban J connectivity index is 3.42. The Morgan fingerprint density at radius 1 is 0.824 bits per heavy atom. The predicted molar refractivity (Wildman–Crippen MR) is 68.9 cm³/mol. The van der Waals surface area contributed by atoms with Crippen molar-refractivity contribution in [2.45, 2.75) is 65.2 Å². The highest BCUT2D eigenvalue weighted by molar-refractivity contribution is 7.48. The summed E-state index contributed by atoms with van der Waals surface area (Å²) < 4.78 is 33.7. The molecule has 0 spiro atoms. The molecule has 0 saturated carbocycles. The molecule has 0 aliphatic carbocycles. The SMILES string of the molecule is CCCCCCOP(=O)(F)OCCCCCC. The second-order valence-corrected chi connectivity index (χ2v) is 5.60. The molecule has 3 nitrogen and oxygen atoms in total. The Morgan fingerprint density at radius 2 is 1.24 bits per heavy atom. The molecule has 0 aliphatic rings. The zero-order valence-corrected chi connectivity index (χ0v) is 12.0. The molecular formula is C12H26FO3P. The van der Waals surface area contributed by atoms with Crippen LogP contribution in [0.1, 0.15) is 65.2 Å². The molecule has 0 N–H and O–H groups in total. The van der Waals surface area contributed by atoms with Crippen molar-refractivity contribution in [3.8, 4) is 0 Å². The Bertz CT molecular complexity index is 194. The van der Waals surface area contributed by atoms with Crippen molar-refractivity contribution in [2.75, 3.05) is 13.2 Å². The lowest BCUT2D eigenvalue weighted by atomic mass is 10.2. The average molecular weight is 268 g/mol. The Morgan fingerprint density at radius 3 is 1.59 bits per heavy atom. The van der Waals surface area contributed by atoms with E-state index in [2.05, 4.69) is 22.9 Å². The van der Waals surface area contributed by atoms with Crippen LogP contribution in [0.4, 0.5) is 4.20 Å². The van der Waals surface area contributed by atoms with E-state index in [9.17, 15) is 8.76 Å². The van der Waals surface area contributed by atoms with Gasteiger partial charge in [0.05, 0.1) is 13.2 Å². The third kappa shape index (κ3) is 12.3. The van der Waals surface area contributed by atoms with Gasteiger partial charge >= 0.3 is 7.91 Å². The van der Waals surface area contributed by atoms with Gasteiger partial charge in [0, 0.05) is 0 Å². The third-order valence-electron chi connectivity index (χ3n) is 2.49. The summed E-state index contributed by atoms with van der Waals surface area (Å²) in [4.78, 5) is 0. The molecule has 104 valence electrons. The van der Waals surface area contributed by atoms with E-state index in [1.807, 2.05) is 0 Å². The standard InChI is InChI=1S/C12H26FO3P/c1-3-5-7-9-11-15-17(13,14)16-12-10-8-6-4-2/h3-12H2,1-2H3. The normalized spacial score (nSPS) is 11.9. The van der Waals surface area contributed by atoms with Crippen molar-refractivity contribution < 1.29 is 17.8 Å². The van der Waals surface area contributed by atoms with Crippen molar-refractivity contribution in [3.63, 3.8) is 0 Å². The quantitative estimate of drug-likeness (QED) is 0.358. The van der Waals surface area contributed by atoms with Crippen molar-refractivity contribution in [3.05, 3.63) is 0 Å². The minimum atomic E-state index is -4.29. The van der Waals surface area contributed by atoms with Gasteiger partial charge in [-0.05, 0) is 12.8 Å². The average Bonchev–Trinajstić information content (AvgIpc) is 2.28. The summed E-state index contributed by atoms with van der Waals surface area (Å²) in [6.45, 7) is 4.56. The fraction of sp³-hybridized carbons (Fsp3) is 1.00.